The quantitative estimate of drug-likeness (QED) is 0.0318. The van der Waals surface area contributed by atoms with E-state index in [1.54, 1.807) is 0 Å². The summed E-state index contributed by atoms with van der Waals surface area (Å²) in [4.78, 5) is 22.5. The van der Waals surface area contributed by atoms with Gasteiger partial charge in [0.05, 0.1) is 25.4 Å². The molecule has 0 saturated heterocycles. The SMILES string of the molecule is CCCCC/C=C\C/C=C\CCCCCCCC(=O)NC(COP(=O)(O)OCCN)C(O)CCCCCCCCCCCC. The number of carbonyl (C=O) groups is 1. The molecule has 44 heavy (non-hydrogen) atoms. The second-order valence-electron chi connectivity index (χ2n) is 12.1. The van der Waals surface area contributed by atoms with Gasteiger partial charge in [0.2, 0.25) is 5.91 Å². The van der Waals surface area contributed by atoms with Gasteiger partial charge in [0.15, 0.2) is 0 Å². The van der Waals surface area contributed by atoms with Crippen LogP contribution >= 0.6 is 7.82 Å². The number of nitrogens with one attached hydrogen (secondary N) is 1. The van der Waals surface area contributed by atoms with Crippen LogP contribution in [-0.4, -0.2) is 47.8 Å². The summed E-state index contributed by atoms with van der Waals surface area (Å²) in [5.41, 5.74) is 5.35. The molecule has 0 rings (SSSR count). The first-order valence-electron chi connectivity index (χ1n) is 18.0. The molecule has 9 heteroatoms. The van der Waals surface area contributed by atoms with Crippen LogP contribution in [0.5, 0.6) is 0 Å². The predicted molar refractivity (Wildman–Crippen MR) is 185 cm³/mol. The van der Waals surface area contributed by atoms with Crippen molar-refractivity contribution in [1.29, 1.82) is 0 Å². The van der Waals surface area contributed by atoms with Crippen LogP contribution in [0.15, 0.2) is 24.3 Å². The average Bonchev–Trinajstić information content (AvgIpc) is 3.01. The highest BCUT2D eigenvalue weighted by Gasteiger charge is 2.27. The van der Waals surface area contributed by atoms with Gasteiger partial charge in [-0.15, -0.1) is 0 Å². The fraction of sp³-hybridized carbons (Fsp3) is 0.857. The number of nitrogens with two attached hydrogens (primary N) is 1. The fourth-order valence-electron chi connectivity index (χ4n) is 5.05. The van der Waals surface area contributed by atoms with Crippen molar-refractivity contribution in [2.75, 3.05) is 19.8 Å². The van der Waals surface area contributed by atoms with E-state index in [-0.39, 0.29) is 25.7 Å². The summed E-state index contributed by atoms with van der Waals surface area (Å²) in [7, 11) is -4.30. The molecule has 0 aliphatic carbocycles. The van der Waals surface area contributed by atoms with Crippen LogP contribution in [0.25, 0.3) is 0 Å². The fourth-order valence-corrected chi connectivity index (χ4v) is 5.81. The molecule has 0 heterocycles. The average molecular weight is 645 g/mol. The molecule has 5 N–H and O–H groups in total. The molecule has 3 unspecified atom stereocenters. The Bertz CT molecular complexity index is 749. The normalized spacial score (nSPS) is 14.8. The van der Waals surface area contributed by atoms with Crippen molar-refractivity contribution in [3.05, 3.63) is 24.3 Å². The Morgan fingerprint density at radius 3 is 1.84 bits per heavy atom. The zero-order valence-electron chi connectivity index (χ0n) is 28.4. The minimum atomic E-state index is -4.30. The van der Waals surface area contributed by atoms with Crippen molar-refractivity contribution in [3.8, 4) is 0 Å². The molecule has 260 valence electrons. The maximum absolute atomic E-state index is 12.7. The third-order valence-corrected chi connectivity index (χ3v) is 8.79. The Morgan fingerprint density at radius 2 is 1.25 bits per heavy atom. The molecule has 0 spiro atoms. The molecule has 0 saturated carbocycles. The van der Waals surface area contributed by atoms with E-state index in [1.807, 2.05) is 0 Å². The van der Waals surface area contributed by atoms with Crippen LogP contribution in [0, 0.1) is 0 Å². The monoisotopic (exact) mass is 644 g/mol. The van der Waals surface area contributed by atoms with Crippen molar-refractivity contribution in [1.82, 2.24) is 5.32 Å². The van der Waals surface area contributed by atoms with E-state index in [0.717, 1.165) is 64.2 Å². The van der Waals surface area contributed by atoms with E-state index < -0.39 is 20.0 Å². The van der Waals surface area contributed by atoms with Crippen LogP contribution in [0.3, 0.4) is 0 Å². The molecule has 0 aromatic rings. The molecule has 0 aromatic carbocycles. The summed E-state index contributed by atoms with van der Waals surface area (Å²) in [5.74, 6) is -0.179. The van der Waals surface area contributed by atoms with Gasteiger partial charge in [-0.1, -0.05) is 134 Å². The Labute approximate surface area is 270 Å². The lowest BCUT2D eigenvalue weighted by Crippen LogP contribution is -2.46. The Hall–Kier alpha value is -1.02. The molecule has 0 fully saturated rings. The van der Waals surface area contributed by atoms with E-state index in [0.29, 0.717) is 12.8 Å². The second-order valence-corrected chi connectivity index (χ2v) is 13.5. The number of phosphoric ester groups is 1. The smallest absolute Gasteiger partial charge is 0.391 e. The lowest BCUT2D eigenvalue weighted by Gasteiger charge is -2.25. The van der Waals surface area contributed by atoms with Crippen LogP contribution in [0.1, 0.15) is 162 Å². The first-order chi connectivity index (χ1) is 21.4. The first-order valence-corrected chi connectivity index (χ1v) is 19.4. The largest absolute Gasteiger partial charge is 0.472 e. The predicted octanol–water partition coefficient (Wildman–Crippen LogP) is 9.05. The Morgan fingerprint density at radius 1 is 0.750 bits per heavy atom. The molecular formula is C35H69N2O6P. The maximum Gasteiger partial charge on any atom is 0.472 e. The number of aliphatic hydroxyl groups excluding tert-OH is 1. The van der Waals surface area contributed by atoms with Crippen molar-refractivity contribution < 1.29 is 28.4 Å². The van der Waals surface area contributed by atoms with Crippen molar-refractivity contribution in [2.24, 2.45) is 5.73 Å². The molecule has 8 nitrogen and oxygen atoms in total. The zero-order valence-corrected chi connectivity index (χ0v) is 29.3. The molecule has 0 aromatic heterocycles. The lowest BCUT2D eigenvalue weighted by molar-refractivity contribution is -0.123. The van der Waals surface area contributed by atoms with Gasteiger partial charge in [-0.2, -0.15) is 0 Å². The van der Waals surface area contributed by atoms with Crippen LogP contribution < -0.4 is 11.1 Å². The van der Waals surface area contributed by atoms with E-state index in [9.17, 15) is 19.4 Å². The standard InChI is InChI=1S/C35H69N2O6P/c1-3-5-7-9-11-13-15-16-17-18-19-21-23-25-27-29-35(39)37-33(32-43-44(40,41)42-31-30-36)34(38)28-26-24-22-20-14-12-10-8-6-4-2/h11,13,16-17,33-34,38H,3-10,12,14-15,18-32,36H2,1-2H3,(H,37,39)(H,40,41)/b13-11-,17-16-. The topological polar surface area (TPSA) is 131 Å². The summed E-state index contributed by atoms with van der Waals surface area (Å²) in [6.07, 6.45) is 33.2. The Balaban J connectivity index is 4.30. The van der Waals surface area contributed by atoms with Gasteiger partial charge in [-0.3, -0.25) is 13.8 Å². The molecule has 1 amide bonds. The highest BCUT2D eigenvalue weighted by Crippen LogP contribution is 2.43. The number of rotatable bonds is 33. The van der Waals surface area contributed by atoms with E-state index >= 15 is 0 Å². The highest BCUT2D eigenvalue weighted by molar-refractivity contribution is 7.47. The van der Waals surface area contributed by atoms with Gasteiger partial charge in [0, 0.05) is 13.0 Å². The summed E-state index contributed by atoms with van der Waals surface area (Å²) in [6, 6.07) is -0.777. The van der Waals surface area contributed by atoms with Gasteiger partial charge >= 0.3 is 7.82 Å². The third kappa shape index (κ3) is 29.7. The van der Waals surface area contributed by atoms with Crippen molar-refractivity contribution >= 4 is 13.7 Å². The molecular weight excluding hydrogens is 575 g/mol. The van der Waals surface area contributed by atoms with E-state index in [2.05, 4.69) is 43.5 Å². The van der Waals surface area contributed by atoms with Crippen molar-refractivity contribution in [2.45, 2.75) is 174 Å². The highest BCUT2D eigenvalue weighted by atomic mass is 31.2. The lowest BCUT2D eigenvalue weighted by atomic mass is 10.0. The van der Waals surface area contributed by atoms with Gasteiger partial charge in [0.25, 0.3) is 0 Å². The number of unbranched alkanes of at least 4 members (excludes halogenated alkanes) is 17. The van der Waals surface area contributed by atoms with Gasteiger partial charge in [-0.25, -0.2) is 4.57 Å². The molecule has 0 bridgehead atoms. The number of allylic oxidation sites excluding steroid dienone is 4. The minimum absolute atomic E-state index is 0.0863. The number of amides is 1. The van der Waals surface area contributed by atoms with Crippen LogP contribution in [0.2, 0.25) is 0 Å². The van der Waals surface area contributed by atoms with E-state index in [4.69, 9.17) is 14.8 Å². The number of carbonyl (C=O) groups excluding carboxylic acids is 1. The van der Waals surface area contributed by atoms with Gasteiger partial charge in [0.1, 0.15) is 0 Å². The van der Waals surface area contributed by atoms with Gasteiger partial charge in [-0.05, 0) is 44.9 Å². The molecule has 0 aliphatic rings. The first kappa shape index (κ1) is 43.0. The summed E-state index contributed by atoms with van der Waals surface area (Å²) >= 11 is 0. The maximum atomic E-state index is 12.7. The van der Waals surface area contributed by atoms with Crippen LogP contribution in [-0.2, 0) is 18.4 Å². The summed E-state index contributed by atoms with van der Waals surface area (Å²) in [6.45, 7) is 4.13. The summed E-state index contributed by atoms with van der Waals surface area (Å²) in [5, 5.41) is 13.7. The summed E-state index contributed by atoms with van der Waals surface area (Å²) < 4.78 is 22.0. The second kappa shape index (κ2) is 31.9. The van der Waals surface area contributed by atoms with E-state index in [1.165, 1.54) is 70.6 Å². The van der Waals surface area contributed by atoms with Crippen molar-refractivity contribution in [3.63, 3.8) is 0 Å². The molecule has 0 radical (unpaired) electrons. The number of hydrogen-bond acceptors (Lipinski definition) is 6. The van der Waals surface area contributed by atoms with Gasteiger partial charge < -0.3 is 21.1 Å². The van der Waals surface area contributed by atoms with Crippen LogP contribution in [0.4, 0.5) is 0 Å². The zero-order chi connectivity index (χ0) is 32.6. The number of phosphoric acid groups is 1. The third-order valence-electron chi connectivity index (χ3n) is 7.81. The molecule has 0 aliphatic heterocycles. The number of hydrogen-bond donors (Lipinski definition) is 4. The number of aliphatic hydroxyl groups is 1. The molecule has 3 atom stereocenters. The minimum Gasteiger partial charge on any atom is -0.391 e. The Kier molecular flexibility index (Phi) is 31.2.